The monoisotopic (exact) mass is 493 g/mol. The molecule has 0 radical (unpaired) electrons. The van der Waals surface area contributed by atoms with Crippen LogP contribution in [-0.4, -0.2) is 55.5 Å². The second-order valence-electron chi connectivity index (χ2n) is 11.7. The summed E-state index contributed by atoms with van der Waals surface area (Å²) in [5, 5.41) is 15.8. The van der Waals surface area contributed by atoms with Gasteiger partial charge in [0.15, 0.2) is 0 Å². The lowest BCUT2D eigenvalue weighted by molar-refractivity contribution is -0.0196. The van der Waals surface area contributed by atoms with Crippen molar-refractivity contribution in [3.63, 3.8) is 0 Å². The number of hydrogen-bond acceptors (Lipinski definition) is 4. The van der Waals surface area contributed by atoms with E-state index in [-0.39, 0.29) is 28.2 Å². The molecule has 2 N–H and O–H groups in total. The zero-order valence-electron chi connectivity index (χ0n) is 21.2. The number of H-pyrrole nitrogens is 1. The van der Waals surface area contributed by atoms with Crippen LogP contribution in [0.5, 0.6) is 0 Å². The van der Waals surface area contributed by atoms with Crippen LogP contribution in [-0.2, 0) is 5.24 Å². The van der Waals surface area contributed by atoms with Gasteiger partial charge in [0.2, 0.25) is 0 Å². The molecule has 1 spiro atoms. The smallest absolute Gasteiger partial charge is 0.272 e. The number of aromatic amines is 1. The second kappa shape index (κ2) is 8.47. The van der Waals surface area contributed by atoms with Gasteiger partial charge in [0, 0.05) is 40.2 Å². The lowest BCUT2D eigenvalue weighted by atomic mass is 9.49. The van der Waals surface area contributed by atoms with Crippen LogP contribution in [0.15, 0.2) is 59.7 Å². The third-order valence-electron chi connectivity index (χ3n) is 7.98. The van der Waals surface area contributed by atoms with Crippen molar-refractivity contribution in [2.75, 3.05) is 0 Å². The number of benzene rings is 2. The number of hydrogen-bond donors (Lipinski definition) is 2. The number of carbonyl (C=O) groups excluding carboxylic acids is 1. The summed E-state index contributed by atoms with van der Waals surface area (Å²) in [6.45, 7) is 0. The number of rotatable bonds is 5. The van der Waals surface area contributed by atoms with E-state index in [9.17, 15) is 14.0 Å². The Morgan fingerprint density at radius 1 is 1.11 bits per heavy atom. The van der Waals surface area contributed by atoms with Gasteiger partial charge in [-0.05, 0) is 54.5 Å². The Balaban J connectivity index is 1.07. The fourth-order valence-corrected chi connectivity index (χ4v) is 6.04. The van der Waals surface area contributed by atoms with Gasteiger partial charge in [-0.2, -0.15) is 10.2 Å². The molecule has 2 aromatic carbocycles. The van der Waals surface area contributed by atoms with Gasteiger partial charge in [0.25, 0.3) is 11.5 Å². The standard InChI is InChI=1S/C26H27B3FN5O2/c27-26(28,29)35-13-16(12-31-35)18-6-5-14(7-21(18)30)23(36)32-17-10-25(11-17)8-15(9-25)22-19-3-1-2-4-20(19)24(37)34-33-22/h1-7,12-13,15,17H,8-11,27-29H2,(H,32,36)(H,34,37)/t15-,17-,25?. The number of aromatic nitrogens is 4. The molecule has 2 heterocycles. The Labute approximate surface area is 216 Å². The zero-order valence-corrected chi connectivity index (χ0v) is 21.2. The lowest BCUT2D eigenvalue weighted by Gasteiger charge is -2.57. The van der Waals surface area contributed by atoms with Crippen molar-refractivity contribution in [2.45, 2.75) is 42.9 Å². The van der Waals surface area contributed by atoms with E-state index in [1.54, 1.807) is 23.0 Å². The predicted octanol–water partition coefficient (Wildman–Crippen LogP) is 0.849. The molecular formula is C26H27B3FN5O2. The fourth-order valence-electron chi connectivity index (χ4n) is 6.04. The Morgan fingerprint density at radius 3 is 2.51 bits per heavy atom. The molecule has 6 rings (SSSR count). The molecule has 11 heteroatoms. The summed E-state index contributed by atoms with van der Waals surface area (Å²) in [5.74, 6) is -0.379. The molecule has 2 fully saturated rings. The van der Waals surface area contributed by atoms with Crippen LogP contribution in [0.25, 0.3) is 21.9 Å². The number of fused-ring (bicyclic) bond motifs is 1. The van der Waals surface area contributed by atoms with Crippen LogP contribution in [0.2, 0.25) is 0 Å². The van der Waals surface area contributed by atoms with Crippen LogP contribution in [0, 0.1) is 11.2 Å². The normalized spacial score (nSPS) is 22.9. The van der Waals surface area contributed by atoms with E-state index in [0.29, 0.717) is 28.0 Å². The van der Waals surface area contributed by atoms with Gasteiger partial charge < -0.3 is 5.32 Å². The van der Waals surface area contributed by atoms with E-state index in [2.05, 4.69) is 20.6 Å². The minimum absolute atomic E-state index is 0.0847. The molecule has 0 aliphatic heterocycles. The number of amides is 1. The molecule has 2 saturated carbocycles. The maximum absolute atomic E-state index is 14.9. The summed E-state index contributed by atoms with van der Waals surface area (Å²) in [7, 11) is 6.10. The van der Waals surface area contributed by atoms with E-state index in [1.165, 1.54) is 6.07 Å². The average molecular weight is 493 g/mol. The highest BCUT2D eigenvalue weighted by Crippen LogP contribution is 2.62. The van der Waals surface area contributed by atoms with E-state index >= 15 is 0 Å². The Bertz CT molecular complexity index is 1580. The summed E-state index contributed by atoms with van der Waals surface area (Å²) < 4.78 is 16.7. The molecule has 7 nitrogen and oxygen atoms in total. The molecule has 2 aliphatic carbocycles. The highest BCUT2D eigenvalue weighted by Gasteiger charge is 2.54. The van der Waals surface area contributed by atoms with E-state index < -0.39 is 5.82 Å². The summed E-state index contributed by atoms with van der Waals surface area (Å²) in [6.07, 6.45) is 7.27. The molecule has 2 aromatic heterocycles. The van der Waals surface area contributed by atoms with Gasteiger partial charge >= 0.3 is 0 Å². The lowest BCUT2D eigenvalue weighted by Crippen LogP contribution is -2.55. The Kier molecular flexibility index (Phi) is 5.44. The van der Waals surface area contributed by atoms with E-state index in [1.807, 2.05) is 54.0 Å². The first-order valence-corrected chi connectivity index (χ1v) is 12.8. The van der Waals surface area contributed by atoms with Crippen LogP contribution in [0.4, 0.5) is 4.39 Å². The second-order valence-corrected chi connectivity index (χ2v) is 11.7. The van der Waals surface area contributed by atoms with Gasteiger partial charge in [-0.3, -0.25) is 14.3 Å². The molecule has 0 atom stereocenters. The van der Waals surface area contributed by atoms with Gasteiger partial charge in [-0.1, -0.05) is 24.3 Å². The van der Waals surface area contributed by atoms with Crippen molar-refractivity contribution >= 4 is 40.2 Å². The molecule has 1 amide bonds. The zero-order chi connectivity index (χ0) is 25.9. The Morgan fingerprint density at radius 2 is 1.84 bits per heavy atom. The number of halogens is 1. The van der Waals surface area contributed by atoms with Crippen LogP contribution in [0.1, 0.15) is 47.7 Å². The summed E-state index contributed by atoms with van der Waals surface area (Å²) >= 11 is 0. The van der Waals surface area contributed by atoms with Crippen molar-refractivity contribution < 1.29 is 9.18 Å². The average Bonchev–Trinajstić information content (AvgIpc) is 3.31. The third-order valence-corrected chi connectivity index (χ3v) is 7.98. The van der Waals surface area contributed by atoms with Gasteiger partial charge in [-0.25, -0.2) is 9.49 Å². The highest BCUT2D eigenvalue weighted by molar-refractivity contribution is 6.56. The molecule has 2 aliphatic rings. The summed E-state index contributed by atoms with van der Waals surface area (Å²) in [5.41, 5.74) is 2.44. The molecule has 184 valence electrons. The first-order chi connectivity index (χ1) is 17.6. The first-order valence-electron chi connectivity index (χ1n) is 12.8. The quantitative estimate of drug-likeness (QED) is 0.404. The number of nitrogens with zero attached hydrogens (tertiary/aromatic N) is 3. The van der Waals surface area contributed by atoms with Gasteiger partial charge in [0.05, 0.1) is 17.3 Å². The molecule has 37 heavy (non-hydrogen) atoms. The van der Waals surface area contributed by atoms with E-state index in [4.69, 9.17) is 0 Å². The maximum atomic E-state index is 14.9. The van der Waals surface area contributed by atoms with E-state index in [0.717, 1.165) is 36.8 Å². The van der Waals surface area contributed by atoms with Crippen LogP contribution < -0.4 is 10.9 Å². The molecule has 0 bridgehead atoms. The highest BCUT2D eigenvalue weighted by atomic mass is 19.1. The van der Waals surface area contributed by atoms with Crippen molar-refractivity contribution in [1.82, 2.24) is 25.3 Å². The molecule has 0 saturated heterocycles. The van der Waals surface area contributed by atoms with Gasteiger partial charge in [-0.15, -0.1) is 0 Å². The van der Waals surface area contributed by atoms with Gasteiger partial charge in [0.1, 0.15) is 29.4 Å². The molecular weight excluding hydrogens is 466 g/mol. The Hall–Kier alpha value is -3.62. The largest absolute Gasteiger partial charge is 0.349 e. The van der Waals surface area contributed by atoms with Crippen molar-refractivity contribution in [2.24, 2.45) is 5.41 Å². The van der Waals surface area contributed by atoms with Crippen LogP contribution in [0.3, 0.4) is 0 Å². The van der Waals surface area contributed by atoms with Crippen molar-refractivity contribution in [3.8, 4) is 11.1 Å². The van der Waals surface area contributed by atoms with Crippen molar-refractivity contribution in [1.29, 1.82) is 0 Å². The molecule has 4 aromatic rings. The minimum atomic E-state index is -0.436. The maximum Gasteiger partial charge on any atom is 0.272 e. The number of nitrogens with one attached hydrogen (secondary N) is 2. The van der Waals surface area contributed by atoms with Crippen molar-refractivity contribution in [3.05, 3.63) is 82.3 Å². The molecule has 0 unspecified atom stereocenters. The summed E-state index contributed by atoms with van der Waals surface area (Å²) in [4.78, 5) is 24.9. The van der Waals surface area contributed by atoms with Crippen LogP contribution >= 0.6 is 0 Å². The predicted molar refractivity (Wildman–Crippen MR) is 148 cm³/mol. The third kappa shape index (κ3) is 4.20. The minimum Gasteiger partial charge on any atom is -0.349 e. The topological polar surface area (TPSA) is 92.7 Å². The first kappa shape index (κ1) is 23.8. The summed E-state index contributed by atoms with van der Waals surface area (Å²) in [6, 6.07) is 12.3. The SMILES string of the molecule is BC(B)(B)n1cc(-c2ccc(C(=O)N[C@H]3CC4(C3)C[C@H](c3n[nH]c(=O)c5ccccc53)C4)cc2F)cn1. The fraction of sp³-hybridized carbons (Fsp3) is 0.308. The number of carbonyl (C=O) groups is 1.